The molecule has 1 aromatic heterocycles. The van der Waals surface area contributed by atoms with Gasteiger partial charge in [0, 0.05) is 17.5 Å². The van der Waals surface area contributed by atoms with Crippen molar-refractivity contribution in [2.45, 2.75) is 6.92 Å². The van der Waals surface area contributed by atoms with Crippen molar-refractivity contribution in [2.24, 2.45) is 0 Å². The van der Waals surface area contributed by atoms with Crippen molar-refractivity contribution in [3.05, 3.63) is 59.5 Å². The lowest BCUT2D eigenvalue weighted by molar-refractivity contribution is 0.308. The van der Waals surface area contributed by atoms with Gasteiger partial charge in [0.1, 0.15) is 18.8 Å². The van der Waals surface area contributed by atoms with Crippen LogP contribution in [-0.2, 0) is 0 Å². The summed E-state index contributed by atoms with van der Waals surface area (Å²) in [6.45, 7) is 9.77. The SMILES string of the molecule is C=CCOc1cc2oc(=O)cc(C)c2cc1OCC=C. The molecule has 2 aromatic rings. The summed E-state index contributed by atoms with van der Waals surface area (Å²) in [5.74, 6) is 1.09. The van der Waals surface area contributed by atoms with Crippen molar-refractivity contribution in [1.82, 2.24) is 0 Å². The first-order valence-corrected chi connectivity index (χ1v) is 6.21. The van der Waals surface area contributed by atoms with Gasteiger partial charge in [0.25, 0.3) is 0 Å². The number of aryl methyl sites for hydroxylation is 1. The van der Waals surface area contributed by atoms with E-state index in [4.69, 9.17) is 13.9 Å². The predicted octanol–water partition coefficient (Wildman–Crippen LogP) is 3.23. The van der Waals surface area contributed by atoms with Crippen LogP contribution in [0.3, 0.4) is 0 Å². The zero-order valence-electron chi connectivity index (χ0n) is 11.3. The minimum Gasteiger partial charge on any atom is -0.486 e. The molecule has 0 radical (unpaired) electrons. The number of hydrogen-bond acceptors (Lipinski definition) is 4. The standard InChI is InChI=1S/C16H16O4/c1-4-6-18-14-9-12-11(3)8-16(17)20-13(12)10-15(14)19-7-5-2/h4-5,8-10H,1-2,6-7H2,3H3. The fourth-order valence-corrected chi connectivity index (χ4v) is 1.85. The summed E-state index contributed by atoms with van der Waals surface area (Å²) in [5, 5.41) is 0.814. The molecule has 1 aromatic carbocycles. The first-order chi connectivity index (χ1) is 9.65. The van der Waals surface area contributed by atoms with Crippen LogP contribution in [0.1, 0.15) is 5.56 Å². The Hall–Kier alpha value is -2.49. The Labute approximate surface area is 116 Å². The molecule has 0 atom stereocenters. The predicted molar refractivity (Wildman–Crippen MR) is 78.6 cm³/mol. The van der Waals surface area contributed by atoms with E-state index >= 15 is 0 Å². The lowest BCUT2D eigenvalue weighted by Crippen LogP contribution is -2.02. The number of hydrogen-bond donors (Lipinski definition) is 0. The molecule has 0 amide bonds. The summed E-state index contributed by atoms with van der Waals surface area (Å²) in [7, 11) is 0. The Bertz CT molecular complexity index is 697. The molecule has 1 heterocycles. The molecule has 0 aliphatic carbocycles. The van der Waals surface area contributed by atoms with E-state index in [0.29, 0.717) is 30.3 Å². The van der Waals surface area contributed by atoms with Gasteiger partial charge in [-0.25, -0.2) is 4.79 Å². The lowest BCUT2D eigenvalue weighted by Gasteiger charge is -2.12. The molecule has 0 bridgehead atoms. The van der Waals surface area contributed by atoms with Crippen LogP contribution in [-0.4, -0.2) is 13.2 Å². The van der Waals surface area contributed by atoms with Gasteiger partial charge in [0.2, 0.25) is 0 Å². The van der Waals surface area contributed by atoms with Crippen LogP contribution in [0, 0.1) is 6.92 Å². The number of ether oxygens (including phenoxy) is 2. The molecule has 0 N–H and O–H groups in total. The highest BCUT2D eigenvalue weighted by molar-refractivity contribution is 5.83. The van der Waals surface area contributed by atoms with E-state index < -0.39 is 0 Å². The smallest absolute Gasteiger partial charge is 0.336 e. The third kappa shape index (κ3) is 2.91. The van der Waals surface area contributed by atoms with E-state index in [2.05, 4.69) is 13.2 Å². The third-order valence-corrected chi connectivity index (χ3v) is 2.73. The van der Waals surface area contributed by atoms with E-state index in [9.17, 15) is 4.79 Å². The van der Waals surface area contributed by atoms with E-state index in [0.717, 1.165) is 10.9 Å². The summed E-state index contributed by atoms with van der Waals surface area (Å²) in [6.07, 6.45) is 3.29. The van der Waals surface area contributed by atoms with Crippen molar-refractivity contribution in [1.29, 1.82) is 0 Å². The highest BCUT2D eigenvalue weighted by atomic mass is 16.5. The molecule has 0 saturated heterocycles. The van der Waals surface area contributed by atoms with Gasteiger partial charge in [-0.05, 0) is 18.6 Å². The van der Waals surface area contributed by atoms with Gasteiger partial charge >= 0.3 is 5.63 Å². The molecule has 0 fully saturated rings. The zero-order chi connectivity index (χ0) is 14.5. The van der Waals surface area contributed by atoms with E-state index in [1.54, 1.807) is 24.3 Å². The van der Waals surface area contributed by atoms with Gasteiger partial charge in [0.15, 0.2) is 11.5 Å². The quantitative estimate of drug-likeness (QED) is 0.598. The second-order valence-corrected chi connectivity index (χ2v) is 4.24. The van der Waals surface area contributed by atoms with E-state index in [1.165, 1.54) is 6.07 Å². The van der Waals surface area contributed by atoms with Crippen molar-refractivity contribution >= 4 is 11.0 Å². The molecule has 20 heavy (non-hydrogen) atoms. The Balaban J connectivity index is 2.57. The second kappa shape index (κ2) is 6.10. The minimum atomic E-state index is -0.385. The summed E-state index contributed by atoms with van der Waals surface area (Å²) < 4.78 is 16.3. The molecule has 2 rings (SSSR count). The summed E-state index contributed by atoms with van der Waals surface area (Å²) >= 11 is 0. The highest BCUT2D eigenvalue weighted by Gasteiger charge is 2.11. The Morgan fingerprint density at radius 2 is 1.70 bits per heavy atom. The Morgan fingerprint density at radius 3 is 2.30 bits per heavy atom. The van der Waals surface area contributed by atoms with Gasteiger partial charge in [-0.3, -0.25) is 0 Å². The zero-order valence-corrected chi connectivity index (χ0v) is 11.3. The van der Waals surface area contributed by atoms with Crippen molar-refractivity contribution in [2.75, 3.05) is 13.2 Å². The first kappa shape index (κ1) is 13.9. The number of rotatable bonds is 6. The molecular weight excluding hydrogens is 256 g/mol. The fraction of sp³-hybridized carbons (Fsp3) is 0.188. The van der Waals surface area contributed by atoms with Crippen LogP contribution >= 0.6 is 0 Å². The summed E-state index contributed by atoms with van der Waals surface area (Å²) in [5.41, 5.74) is 0.916. The first-order valence-electron chi connectivity index (χ1n) is 6.21. The van der Waals surface area contributed by atoms with Gasteiger partial charge in [-0.15, -0.1) is 0 Å². The van der Waals surface area contributed by atoms with Crippen molar-refractivity contribution < 1.29 is 13.9 Å². The van der Waals surface area contributed by atoms with Crippen LogP contribution < -0.4 is 15.1 Å². The van der Waals surface area contributed by atoms with E-state index in [-0.39, 0.29) is 5.63 Å². The maximum absolute atomic E-state index is 11.4. The Morgan fingerprint density at radius 1 is 1.10 bits per heavy atom. The normalized spacial score (nSPS) is 10.2. The van der Waals surface area contributed by atoms with Gasteiger partial charge in [-0.1, -0.05) is 25.3 Å². The lowest BCUT2D eigenvalue weighted by atomic mass is 10.1. The molecule has 4 nitrogen and oxygen atoms in total. The molecule has 104 valence electrons. The minimum absolute atomic E-state index is 0.339. The van der Waals surface area contributed by atoms with Gasteiger partial charge < -0.3 is 13.9 Å². The third-order valence-electron chi connectivity index (χ3n) is 2.73. The van der Waals surface area contributed by atoms with Crippen LogP contribution in [0.15, 0.2) is 52.7 Å². The van der Waals surface area contributed by atoms with Crippen molar-refractivity contribution in [3.63, 3.8) is 0 Å². The maximum atomic E-state index is 11.4. The second-order valence-electron chi connectivity index (χ2n) is 4.24. The monoisotopic (exact) mass is 272 g/mol. The van der Waals surface area contributed by atoms with Gasteiger partial charge in [-0.2, -0.15) is 0 Å². The molecule has 0 aliphatic rings. The average Bonchev–Trinajstić information content (AvgIpc) is 2.42. The molecule has 0 saturated carbocycles. The summed E-state index contributed by atoms with van der Waals surface area (Å²) in [4.78, 5) is 11.4. The Kier molecular flexibility index (Phi) is 4.25. The van der Waals surface area contributed by atoms with Crippen LogP contribution in [0.4, 0.5) is 0 Å². The van der Waals surface area contributed by atoms with Crippen LogP contribution in [0.5, 0.6) is 11.5 Å². The largest absolute Gasteiger partial charge is 0.486 e. The maximum Gasteiger partial charge on any atom is 0.336 e. The van der Waals surface area contributed by atoms with Gasteiger partial charge in [0.05, 0.1) is 0 Å². The molecular formula is C16H16O4. The van der Waals surface area contributed by atoms with E-state index in [1.807, 2.05) is 6.92 Å². The van der Waals surface area contributed by atoms with Crippen LogP contribution in [0.25, 0.3) is 11.0 Å². The number of benzene rings is 1. The highest BCUT2D eigenvalue weighted by Crippen LogP contribution is 2.33. The van der Waals surface area contributed by atoms with Crippen molar-refractivity contribution in [3.8, 4) is 11.5 Å². The summed E-state index contributed by atoms with van der Waals surface area (Å²) in [6, 6.07) is 4.91. The molecule has 0 spiro atoms. The molecule has 0 unspecified atom stereocenters. The number of fused-ring (bicyclic) bond motifs is 1. The fourth-order valence-electron chi connectivity index (χ4n) is 1.85. The average molecular weight is 272 g/mol. The molecule has 0 aliphatic heterocycles. The topological polar surface area (TPSA) is 48.7 Å². The molecule has 4 heteroatoms. The van der Waals surface area contributed by atoms with Crippen LogP contribution in [0.2, 0.25) is 0 Å².